The van der Waals surface area contributed by atoms with Crippen LogP contribution in [-0.2, 0) is 10.0 Å². The summed E-state index contributed by atoms with van der Waals surface area (Å²) in [5, 5.41) is 7.78. The Hall–Kier alpha value is -2.25. The molecule has 1 aromatic carbocycles. The molecular formula is C14H15N3O3S. The molecule has 2 rings (SSSR count). The molecule has 0 radical (unpaired) electrons. The minimum absolute atomic E-state index is 0.0162. The summed E-state index contributed by atoms with van der Waals surface area (Å²) in [6.07, 6.45) is 0. The van der Waals surface area contributed by atoms with E-state index in [4.69, 9.17) is 5.14 Å². The Morgan fingerprint density at radius 3 is 2.43 bits per heavy atom. The van der Waals surface area contributed by atoms with Crippen LogP contribution in [-0.4, -0.2) is 19.3 Å². The van der Waals surface area contributed by atoms with Gasteiger partial charge in [-0.1, -0.05) is 12.1 Å². The topological polar surface area (TPSA) is 102 Å². The second-order valence-electron chi connectivity index (χ2n) is 4.59. The highest BCUT2D eigenvalue weighted by molar-refractivity contribution is 7.89. The first-order valence-corrected chi connectivity index (χ1v) is 7.71. The quantitative estimate of drug-likeness (QED) is 0.899. The average molecular weight is 305 g/mol. The van der Waals surface area contributed by atoms with E-state index in [2.05, 4.69) is 10.3 Å². The van der Waals surface area contributed by atoms with Crippen molar-refractivity contribution in [2.24, 2.45) is 5.14 Å². The molecule has 0 aliphatic rings. The van der Waals surface area contributed by atoms with Gasteiger partial charge in [-0.3, -0.25) is 4.79 Å². The average Bonchev–Trinajstić information content (AvgIpc) is 2.39. The maximum Gasteiger partial charge on any atom is 0.274 e. The number of pyridine rings is 1. The van der Waals surface area contributed by atoms with Crippen molar-refractivity contribution in [1.82, 2.24) is 4.98 Å². The Bertz CT molecular complexity index is 801. The lowest BCUT2D eigenvalue weighted by Crippen LogP contribution is -2.17. The molecule has 0 atom stereocenters. The predicted molar refractivity (Wildman–Crippen MR) is 79.5 cm³/mol. The predicted octanol–water partition coefficient (Wildman–Crippen LogP) is 1.60. The van der Waals surface area contributed by atoms with Crippen molar-refractivity contribution in [3.05, 3.63) is 53.3 Å². The second kappa shape index (κ2) is 5.63. The van der Waals surface area contributed by atoms with Crippen LogP contribution in [0.1, 0.15) is 21.7 Å². The van der Waals surface area contributed by atoms with Gasteiger partial charge in [0.25, 0.3) is 5.91 Å². The third-order valence-corrected chi connectivity index (χ3v) is 4.02. The van der Waals surface area contributed by atoms with Crippen molar-refractivity contribution in [1.29, 1.82) is 0 Å². The monoisotopic (exact) mass is 305 g/mol. The van der Waals surface area contributed by atoms with Gasteiger partial charge in [-0.05, 0) is 43.7 Å². The lowest BCUT2D eigenvalue weighted by molar-refractivity contribution is 0.102. The van der Waals surface area contributed by atoms with Crippen LogP contribution in [0.2, 0.25) is 0 Å². The Balaban J connectivity index is 2.35. The van der Waals surface area contributed by atoms with Crippen molar-refractivity contribution in [3.63, 3.8) is 0 Å². The number of carbonyl (C=O) groups is 1. The lowest BCUT2D eigenvalue weighted by Gasteiger charge is -2.11. The molecule has 0 aliphatic carbocycles. The first-order valence-electron chi connectivity index (χ1n) is 6.16. The zero-order valence-electron chi connectivity index (χ0n) is 11.6. The van der Waals surface area contributed by atoms with Gasteiger partial charge >= 0.3 is 0 Å². The molecule has 0 aliphatic heterocycles. The van der Waals surface area contributed by atoms with E-state index in [1.807, 2.05) is 0 Å². The third kappa shape index (κ3) is 3.45. The smallest absolute Gasteiger partial charge is 0.274 e. The Morgan fingerprint density at radius 2 is 1.81 bits per heavy atom. The van der Waals surface area contributed by atoms with Crippen molar-refractivity contribution in [3.8, 4) is 0 Å². The highest BCUT2D eigenvalue weighted by atomic mass is 32.2. The minimum Gasteiger partial charge on any atom is -0.320 e. The summed E-state index contributed by atoms with van der Waals surface area (Å²) in [6, 6.07) is 9.62. The van der Waals surface area contributed by atoms with Crippen LogP contribution < -0.4 is 10.5 Å². The van der Waals surface area contributed by atoms with Gasteiger partial charge < -0.3 is 5.32 Å². The number of carbonyl (C=O) groups excluding carboxylic acids is 1. The number of primary sulfonamides is 1. The molecule has 0 saturated carbocycles. The normalized spacial score (nSPS) is 11.2. The number of hydrogen-bond donors (Lipinski definition) is 2. The summed E-state index contributed by atoms with van der Waals surface area (Å²) < 4.78 is 22.9. The molecule has 6 nitrogen and oxygen atoms in total. The Labute approximate surface area is 123 Å². The van der Waals surface area contributed by atoms with Crippen molar-refractivity contribution < 1.29 is 13.2 Å². The summed E-state index contributed by atoms with van der Waals surface area (Å²) in [7, 11) is -3.83. The molecule has 1 heterocycles. The fourth-order valence-electron chi connectivity index (χ4n) is 1.91. The highest BCUT2D eigenvalue weighted by Gasteiger charge is 2.16. The molecule has 2 aromatic rings. The maximum atomic E-state index is 12.1. The van der Waals surface area contributed by atoms with E-state index >= 15 is 0 Å². The van der Waals surface area contributed by atoms with Crippen LogP contribution >= 0.6 is 0 Å². The number of hydrogen-bond acceptors (Lipinski definition) is 4. The van der Waals surface area contributed by atoms with Crippen molar-refractivity contribution in [2.45, 2.75) is 18.7 Å². The molecule has 1 amide bonds. The zero-order valence-corrected chi connectivity index (χ0v) is 12.4. The van der Waals surface area contributed by atoms with E-state index < -0.39 is 15.9 Å². The molecular weight excluding hydrogens is 290 g/mol. The summed E-state index contributed by atoms with van der Waals surface area (Å²) in [5.74, 6) is -0.409. The fraction of sp³-hybridized carbons (Fsp3) is 0.143. The van der Waals surface area contributed by atoms with Crippen LogP contribution in [0, 0.1) is 13.8 Å². The fourth-order valence-corrected chi connectivity index (χ4v) is 2.72. The number of aromatic nitrogens is 1. The van der Waals surface area contributed by atoms with Crippen LogP contribution in [0.15, 0.2) is 41.3 Å². The van der Waals surface area contributed by atoms with Gasteiger partial charge in [-0.15, -0.1) is 0 Å². The molecule has 0 bridgehead atoms. The molecule has 1 aromatic heterocycles. The van der Waals surface area contributed by atoms with E-state index in [1.165, 1.54) is 12.1 Å². The van der Waals surface area contributed by atoms with E-state index in [0.717, 1.165) is 5.69 Å². The van der Waals surface area contributed by atoms with Gasteiger partial charge in [0.2, 0.25) is 10.0 Å². The molecule has 0 spiro atoms. The van der Waals surface area contributed by atoms with Crippen LogP contribution in [0.3, 0.4) is 0 Å². The Kier molecular flexibility index (Phi) is 4.06. The van der Waals surface area contributed by atoms with Gasteiger partial charge in [0.15, 0.2) is 0 Å². The third-order valence-electron chi connectivity index (χ3n) is 2.96. The minimum atomic E-state index is -3.83. The number of sulfonamides is 1. The van der Waals surface area contributed by atoms with E-state index in [9.17, 15) is 13.2 Å². The molecule has 0 fully saturated rings. The largest absolute Gasteiger partial charge is 0.320 e. The molecule has 0 unspecified atom stereocenters. The molecule has 21 heavy (non-hydrogen) atoms. The van der Waals surface area contributed by atoms with E-state index in [-0.39, 0.29) is 10.6 Å². The van der Waals surface area contributed by atoms with Crippen molar-refractivity contribution >= 4 is 21.6 Å². The number of nitrogens with one attached hydrogen (secondary N) is 1. The lowest BCUT2D eigenvalue weighted by atomic mass is 10.2. The maximum absolute atomic E-state index is 12.1. The highest BCUT2D eigenvalue weighted by Crippen LogP contribution is 2.22. The van der Waals surface area contributed by atoms with Crippen LogP contribution in [0.5, 0.6) is 0 Å². The SMILES string of the molecule is Cc1cccc(C(=O)Nc2cccc(S(N)(=O)=O)c2C)n1. The van der Waals surface area contributed by atoms with Gasteiger partial charge in [0.1, 0.15) is 5.69 Å². The first kappa shape index (κ1) is 15.1. The number of aryl methyl sites for hydroxylation is 1. The number of nitrogens with zero attached hydrogens (tertiary/aromatic N) is 1. The summed E-state index contributed by atoms with van der Waals surface area (Å²) in [6.45, 7) is 3.36. The van der Waals surface area contributed by atoms with Crippen LogP contribution in [0.25, 0.3) is 0 Å². The Morgan fingerprint density at radius 1 is 1.14 bits per heavy atom. The van der Waals surface area contributed by atoms with Gasteiger partial charge in [0.05, 0.1) is 4.90 Å². The van der Waals surface area contributed by atoms with E-state index in [1.54, 1.807) is 38.1 Å². The number of amides is 1. The van der Waals surface area contributed by atoms with Gasteiger partial charge in [-0.2, -0.15) is 0 Å². The van der Waals surface area contributed by atoms with Gasteiger partial charge in [0, 0.05) is 11.4 Å². The summed E-state index contributed by atoms with van der Waals surface area (Å²) in [4.78, 5) is 16.2. The number of rotatable bonds is 3. The zero-order chi connectivity index (χ0) is 15.6. The van der Waals surface area contributed by atoms with Gasteiger partial charge in [-0.25, -0.2) is 18.5 Å². The summed E-state index contributed by atoms with van der Waals surface area (Å²) >= 11 is 0. The molecule has 0 saturated heterocycles. The summed E-state index contributed by atoms with van der Waals surface area (Å²) in [5.41, 5.74) is 1.75. The number of anilines is 1. The molecule has 7 heteroatoms. The second-order valence-corrected chi connectivity index (χ2v) is 6.12. The number of benzene rings is 1. The van der Waals surface area contributed by atoms with Crippen molar-refractivity contribution in [2.75, 3.05) is 5.32 Å². The number of nitrogens with two attached hydrogens (primary N) is 1. The first-order chi connectivity index (χ1) is 9.79. The van der Waals surface area contributed by atoms with Crippen LogP contribution in [0.4, 0.5) is 5.69 Å². The molecule has 3 N–H and O–H groups in total. The van der Waals surface area contributed by atoms with E-state index in [0.29, 0.717) is 11.3 Å². The molecule has 110 valence electrons. The standard InChI is InChI=1S/C14H15N3O3S/c1-9-5-3-7-12(16-9)14(18)17-11-6-4-8-13(10(11)2)21(15,19)20/h3-8H,1-2H3,(H,17,18)(H2,15,19,20).